The molecule has 4 atom stereocenters. The quantitative estimate of drug-likeness (QED) is 0.169. The number of rotatable bonds is 9. The van der Waals surface area contributed by atoms with Crippen molar-refractivity contribution in [2.75, 3.05) is 37.3 Å². The number of amides is 3. The summed E-state index contributed by atoms with van der Waals surface area (Å²) < 4.78 is 19.8. The van der Waals surface area contributed by atoms with E-state index in [1.54, 1.807) is 30.3 Å². The van der Waals surface area contributed by atoms with Crippen LogP contribution in [0.25, 0.3) is 0 Å². The summed E-state index contributed by atoms with van der Waals surface area (Å²) in [5.74, 6) is -2.10. The molecule has 3 aromatic rings. The highest BCUT2D eigenvalue weighted by Crippen LogP contribution is 2.36. The van der Waals surface area contributed by atoms with Crippen LogP contribution >= 0.6 is 15.9 Å². The zero-order valence-corrected chi connectivity index (χ0v) is 27.5. The third-order valence-electron chi connectivity index (χ3n) is 7.96. The van der Waals surface area contributed by atoms with Crippen molar-refractivity contribution in [3.05, 3.63) is 86.1 Å². The number of halogens is 2. The molecular weight excluding hydrogens is 679 g/mol. The molecule has 0 unspecified atom stereocenters. The van der Waals surface area contributed by atoms with Gasteiger partial charge in [-0.3, -0.25) is 29.5 Å². The number of carbonyl (C=O) groups is 3. The third kappa shape index (κ3) is 7.82. The summed E-state index contributed by atoms with van der Waals surface area (Å²) in [6, 6.07) is 5.51. The number of likely N-dealkylation sites (tertiary alicyclic amines) is 1. The smallest absolute Gasteiger partial charge is 0.294 e. The zero-order valence-electron chi connectivity index (χ0n) is 25.9. The maximum Gasteiger partial charge on any atom is 0.294 e. The molecule has 5 rings (SSSR count). The van der Waals surface area contributed by atoms with Crippen molar-refractivity contribution in [2.24, 2.45) is 0 Å². The van der Waals surface area contributed by atoms with Crippen molar-refractivity contribution < 1.29 is 28.4 Å². The van der Waals surface area contributed by atoms with Crippen LogP contribution in [0.3, 0.4) is 0 Å². The van der Waals surface area contributed by atoms with Crippen molar-refractivity contribution in [1.29, 1.82) is 0 Å². The van der Waals surface area contributed by atoms with Gasteiger partial charge in [0.1, 0.15) is 11.7 Å². The predicted octanol–water partition coefficient (Wildman–Crippen LogP) is 3.59. The van der Waals surface area contributed by atoms with E-state index in [2.05, 4.69) is 41.8 Å². The van der Waals surface area contributed by atoms with E-state index < -0.39 is 40.7 Å². The number of nitro benzene ring substituents is 1. The van der Waals surface area contributed by atoms with E-state index in [1.165, 1.54) is 35.5 Å². The molecule has 2 aromatic heterocycles. The second-order valence-corrected chi connectivity index (χ2v) is 12.5. The summed E-state index contributed by atoms with van der Waals surface area (Å²) in [7, 11) is 1.68. The number of nitrogens with one attached hydrogen (secondary N) is 3. The van der Waals surface area contributed by atoms with Gasteiger partial charge < -0.3 is 30.5 Å². The number of aromatic nitrogens is 2. The lowest BCUT2D eigenvalue weighted by Gasteiger charge is -2.35. The van der Waals surface area contributed by atoms with E-state index in [-0.39, 0.29) is 54.2 Å². The number of hydrogen-bond acceptors (Lipinski definition) is 10. The van der Waals surface area contributed by atoms with Gasteiger partial charge in [0, 0.05) is 68.4 Å². The molecular formula is C31H34BrFN8O6. The van der Waals surface area contributed by atoms with Gasteiger partial charge in [-0.25, -0.2) is 4.98 Å². The van der Waals surface area contributed by atoms with Gasteiger partial charge in [-0.05, 0) is 50.1 Å². The first-order valence-corrected chi connectivity index (χ1v) is 15.7. The van der Waals surface area contributed by atoms with E-state index in [9.17, 15) is 28.9 Å². The average Bonchev–Trinajstić information content (AvgIpc) is 3.47. The van der Waals surface area contributed by atoms with Crippen LogP contribution in [0.1, 0.15) is 46.5 Å². The molecule has 14 nitrogen and oxygen atoms in total. The first-order valence-electron chi connectivity index (χ1n) is 14.9. The summed E-state index contributed by atoms with van der Waals surface area (Å²) in [5.41, 5.74) is 1.01. The first-order chi connectivity index (χ1) is 22.4. The van der Waals surface area contributed by atoms with Crippen LogP contribution in [0.15, 0.2) is 53.4 Å². The molecule has 2 aliphatic rings. The van der Waals surface area contributed by atoms with E-state index in [0.29, 0.717) is 28.8 Å². The number of morpholine rings is 1. The highest BCUT2D eigenvalue weighted by atomic mass is 79.9. The van der Waals surface area contributed by atoms with Gasteiger partial charge in [0.25, 0.3) is 17.5 Å². The van der Waals surface area contributed by atoms with Crippen molar-refractivity contribution in [3.8, 4) is 0 Å². The lowest BCUT2D eigenvalue weighted by Crippen LogP contribution is -2.48. The SMILES string of the molecule is CNc1cncc(C(=O)N2C[C@H](Nc3c(C(=O)N4C[C@@H](C)O[C@@H](C)C4)cc(Br)cc3[N+](=O)[O-])C[C@H]2C(=O)NCc2ccnc(F)c2)c1. The minimum Gasteiger partial charge on any atom is -0.387 e. The van der Waals surface area contributed by atoms with Gasteiger partial charge in [-0.2, -0.15) is 4.39 Å². The van der Waals surface area contributed by atoms with Gasteiger partial charge in [0.05, 0.1) is 33.9 Å². The van der Waals surface area contributed by atoms with Gasteiger partial charge in [0.15, 0.2) is 0 Å². The highest BCUT2D eigenvalue weighted by Gasteiger charge is 2.41. The van der Waals surface area contributed by atoms with Crippen LogP contribution in [0, 0.1) is 16.1 Å². The lowest BCUT2D eigenvalue weighted by atomic mass is 10.1. The Bertz CT molecular complexity index is 1690. The van der Waals surface area contributed by atoms with E-state index >= 15 is 0 Å². The van der Waals surface area contributed by atoms with Crippen LogP contribution in [0.4, 0.5) is 21.5 Å². The van der Waals surface area contributed by atoms with E-state index in [4.69, 9.17) is 4.74 Å². The molecule has 2 fully saturated rings. The number of ether oxygens (including phenoxy) is 1. The van der Waals surface area contributed by atoms with Gasteiger partial charge in [-0.15, -0.1) is 0 Å². The van der Waals surface area contributed by atoms with Crippen LogP contribution in [-0.2, 0) is 16.1 Å². The minimum absolute atomic E-state index is 0.0143. The molecule has 16 heteroatoms. The molecule has 3 N–H and O–H groups in total. The molecule has 0 aliphatic carbocycles. The predicted molar refractivity (Wildman–Crippen MR) is 173 cm³/mol. The van der Waals surface area contributed by atoms with Crippen LogP contribution < -0.4 is 16.0 Å². The molecule has 4 heterocycles. The summed E-state index contributed by atoms with van der Waals surface area (Å²) >= 11 is 3.31. The number of carbonyl (C=O) groups excluding carboxylic acids is 3. The van der Waals surface area contributed by atoms with Crippen molar-refractivity contribution in [2.45, 2.75) is 51.1 Å². The molecule has 47 heavy (non-hydrogen) atoms. The first kappa shape index (κ1) is 33.7. The fourth-order valence-corrected chi connectivity index (χ4v) is 6.35. The molecule has 0 radical (unpaired) electrons. The highest BCUT2D eigenvalue weighted by molar-refractivity contribution is 9.10. The monoisotopic (exact) mass is 712 g/mol. The minimum atomic E-state index is -1.00. The molecule has 3 amide bonds. The molecule has 0 bridgehead atoms. The molecule has 2 aliphatic heterocycles. The van der Waals surface area contributed by atoms with Gasteiger partial charge in [-0.1, -0.05) is 15.9 Å². The maximum atomic E-state index is 13.9. The van der Waals surface area contributed by atoms with Crippen LogP contribution in [-0.4, -0.2) is 93.4 Å². The normalized spacial score (nSPS) is 20.9. The molecule has 0 spiro atoms. The number of benzene rings is 1. The second-order valence-electron chi connectivity index (χ2n) is 11.5. The average molecular weight is 714 g/mol. The lowest BCUT2D eigenvalue weighted by molar-refractivity contribution is -0.384. The summed E-state index contributed by atoms with van der Waals surface area (Å²) in [4.78, 5) is 63.5. The van der Waals surface area contributed by atoms with Crippen LogP contribution in [0.2, 0.25) is 0 Å². The largest absolute Gasteiger partial charge is 0.387 e. The second kappa shape index (κ2) is 14.4. The number of anilines is 2. The summed E-state index contributed by atoms with van der Waals surface area (Å²) in [6.45, 7) is 4.27. The maximum absolute atomic E-state index is 13.9. The topological polar surface area (TPSA) is 172 Å². The Labute approximate surface area is 278 Å². The van der Waals surface area contributed by atoms with Crippen molar-refractivity contribution in [1.82, 2.24) is 25.1 Å². The standard InChI is InChI=1S/C31H34BrFN8O6/c1-17-14-39(15-18(2)47-17)31(44)24-8-21(32)9-25(41(45)46)28(24)38-23-10-26(29(42)37-11-19-4-5-36-27(33)6-19)40(16-23)30(43)20-7-22(34-3)13-35-12-20/h4-9,12-13,17-18,23,26,34,38H,10-11,14-16H2,1-3H3,(H,37,42)/t17-,18+,23-,26+/m1/s1. The molecule has 0 saturated carbocycles. The Kier molecular flexibility index (Phi) is 10.3. The number of hydrogen-bond donors (Lipinski definition) is 3. The Morgan fingerprint density at radius 2 is 1.85 bits per heavy atom. The molecule has 2 saturated heterocycles. The summed E-state index contributed by atoms with van der Waals surface area (Å²) in [5, 5.41) is 21.1. The van der Waals surface area contributed by atoms with Gasteiger partial charge in [0.2, 0.25) is 11.9 Å². The van der Waals surface area contributed by atoms with Crippen LogP contribution in [0.5, 0.6) is 0 Å². The van der Waals surface area contributed by atoms with Crippen molar-refractivity contribution >= 4 is 50.7 Å². The fourth-order valence-electron chi connectivity index (χ4n) is 5.91. The van der Waals surface area contributed by atoms with Gasteiger partial charge >= 0.3 is 0 Å². The zero-order chi connectivity index (χ0) is 33.8. The molecule has 1 aromatic carbocycles. The third-order valence-corrected chi connectivity index (χ3v) is 8.42. The number of pyridine rings is 2. The Morgan fingerprint density at radius 1 is 1.11 bits per heavy atom. The number of nitro groups is 1. The molecule has 248 valence electrons. The Hall–Kier alpha value is -4.70. The Morgan fingerprint density at radius 3 is 2.53 bits per heavy atom. The fraction of sp³-hybridized carbons (Fsp3) is 0.387. The number of nitrogens with zero attached hydrogens (tertiary/aromatic N) is 5. The van der Waals surface area contributed by atoms with Crippen molar-refractivity contribution in [3.63, 3.8) is 0 Å². The van der Waals surface area contributed by atoms with E-state index in [0.717, 1.165) is 0 Å². The van der Waals surface area contributed by atoms with E-state index in [1.807, 2.05) is 13.8 Å². The summed E-state index contributed by atoms with van der Waals surface area (Å²) in [6.07, 6.45) is 3.83. The Balaban J connectivity index is 1.46.